The summed E-state index contributed by atoms with van der Waals surface area (Å²) in [5.41, 5.74) is -0.476. The highest BCUT2D eigenvalue weighted by atomic mass is 16.5. The zero-order valence-electron chi connectivity index (χ0n) is 13.4. The van der Waals surface area contributed by atoms with Crippen molar-refractivity contribution in [3.63, 3.8) is 0 Å². The van der Waals surface area contributed by atoms with Crippen LogP contribution >= 0.6 is 0 Å². The molecule has 0 bridgehead atoms. The number of methoxy groups -OCH3 is 1. The Balaban J connectivity index is 2.64. The molecule has 0 aromatic carbocycles. The zero-order chi connectivity index (χ0) is 14.5. The van der Waals surface area contributed by atoms with Crippen LogP contribution < -0.4 is 0 Å². The summed E-state index contributed by atoms with van der Waals surface area (Å²) >= 11 is 0. The number of nitrogens with zero attached hydrogens (tertiary/aromatic N) is 1. The monoisotopic (exact) mass is 269 g/mol. The Morgan fingerprint density at radius 1 is 1.16 bits per heavy atom. The topological polar surface area (TPSA) is 29.5 Å². The summed E-state index contributed by atoms with van der Waals surface area (Å²) in [6, 6.07) is 0. The SMILES string of the molecule is CCC(C)(C(=O)CCC(C)(C)OC)N1CCCCC1. The minimum Gasteiger partial charge on any atom is -0.379 e. The van der Waals surface area contributed by atoms with E-state index >= 15 is 0 Å². The molecule has 0 radical (unpaired) electrons. The minimum atomic E-state index is -0.274. The Hall–Kier alpha value is -0.410. The summed E-state index contributed by atoms with van der Waals surface area (Å²) < 4.78 is 5.41. The van der Waals surface area contributed by atoms with Gasteiger partial charge in [-0.3, -0.25) is 9.69 Å². The maximum Gasteiger partial charge on any atom is 0.152 e. The van der Waals surface area contributed by atoms with Crippen LogP contribution in [-0.4, -0.2) is 42.0 Å². The quantitative estimate of drug-likeness (QED) is 0.709. The molecule has 0 aliphatic carbocycles. The summed E-state index contributed by atoms with van der Waals surface area (Å²) in [7, 11) is 1.72. The lowest BCUT2D eigenvalue weighted by molar-refractivity contribution is -0.132. The maximum atomic E-state index is 12.7. The van der Waals surface area contributed by atoms with E-state index in [1.165, 1.54) is 19.3 Å². The number of ether oxygens (including phenoxy) is 1. The predicted octanol–water partition coefficient (Wildman–Crippen LogP) is 3.42. The van der Waals surface area contributed by atoms with Gasteiger partial charge in [0.05, 0.1) is 11.1 Å². The van der Waals surface area contributed by atoms with E-state index in [4.69, 9.17) is 4.74 Å². The lowest BCUT2D eigenvalue weighted by atomic mass is 9.85. The van der Waals surface area contributed by atoms with Gasteiger partial charge < -0.3 is 4.74 Å². The second kappa shape index (κ2) is 6.85. The first-order valence-electron chi connectivity index (χ1n) is 7.69. The van der Waals surface area contributed by atoms with Crippen LogP contribution in [-0.2, 0) is 9.53 Å². The van der Waals surface area contributed by atoms with Crippen LogP contribution in [0.4, 0.5) is 0 Å². The van der Waals surface area contributed by atoms with Crippen LogP contribution in [0.15, 0.2) is 0 Å². The van der Waals surface area contributed by atoms with Gasteiger partial charge in [0.15, 0.2) is 5.78 Å². The molecule has 1 aliphatic heterocycles. The number of hydrogen-bond donors (Lipinski definition) is 0. The third-order valence-electron chi connectivity index (χ3n) is 4.85. The van der Waals surface area contributed by atoms with Crippen LogP contribution in [0.3, 0.4) is 0 Å². The van der Waals surface area contributed by atoms with E-state index in [9.17, 15) is 4.79 Å². The third-order valence-corrected chi connectivity index (χ3v) is 4.85. The zero-order valence-corrected chi connectivity index (χ0v) is 13.4. The molecular formula is C16H31NO2. The molecule has 1 fully saturated rings. The number of hydrogen-bond acceptors (Lipinski definition) is 3. The Bertz CT molecular complexity index is 295. The fourth-order valence-corrected chi connectivity index (χ4v) is 2.77. The van der Waals surface area contributed by atoms with Crippen LogP contribution in [0.1, 0.15) is 66.2 Å². The minimum absolute atomic E-state index is 0.202. The van der Waals surface area contributed by atoms with Crippen LogP contribution in [0, 0.1) is 0 Å². The summed E-state index contributed by atoms with van der Waals surface area (Å²) in [6.07, 6.45) is 6.08. The first-order valence-corrected chi connectivity index (χ1v) is 7.69. The molecule has 1 heterocycles. The number of rotatable bonds is 7. The van der Waals surface area contributed by atoms with Gasteiger partial charge in [-0.2, -0.15) is 0 Å². The highest BCUT2D eigenvalue weighted by molar-refractivity contribution is 5.88. The maximum absolute atomic E-state index is 12.7. The summed E-state index contributed by atoms with van der Waals surface area (Å²) in [4.78, 5) is 15.1. The average molecular weight is 269 g/mol. The number of likely N-dealkylation sites (tertiary alicyclic amines) is 1. The lowest BCUT2D eigenvalue weighted by Gasteiger charge is -2.42. The van der Waals surface area contributed by atoms with Gasteiger partial charge in [-0.15, -0.1) is 0 Å². The molecule has 1 unspecified atom stereocenters. The standard InChI is InChI=1S/C16H31NO2/c1-6-16(4,17-12-8-7-9-13-17)14(18)10-11-15(2,3)19-5/h6-13H2,1-5H3. The predicted molar refractivity (Wildman–Crippen MR) is 79.4 cm³/mol. The summed E-state index contributed by atoms with van der Waals surface area (Å²) in [6.45, 7) is 10.5. The number of carbonyl (C=O) groups is 1. The van der Waals surface area contributed by atoms with Gasteiger partial charge in [0.25, 0.3) is 0 Å². The molecule has 3 nitrogen and oxygen atoms in total. The third kappa shape index (κ3) is 4.28. The average Bonchev–Trinajstić information content (AvgIpc) is 2.44. The molecule has 0 aromatic rings. The van der Waals surface area contributed by atoms with Gasteiger partial charge in [0.2, 0.25) is 0 Å². The molecule has 0 N–H and O–H groups in total. The second-order valence-corrected chi connectivity index (χ2v) is 6.56. The largest absolute Gasteiger partial charge is 0.379 e. The molecule has 0 spiro atoms. The van der Waals surface area contributed by atoms with E-state index < -0.39 is 0 Å². The Labute approximate surface area is 118 Å². The van der Waals surface area contributed by atoms with Crippen molar-refractivity contribution in [3.05, 3.63) is 0 Å². The van der Waals surface area contributed by atoms with Crippen molar-refractivity contribution in [2.45, 2.75) is 77.4 Å². The van der Waals surface area contributed by atoms with Crippen molar-refractivity contribution in [2.24, 2.45) is 0 Å². The van der Waals surface area contributed by atoms with E-state index in [1.54, 1.807) is 7.11 Å². The van der Waals surface area contributed by atoms with Gasteiger partial charge >= 0.3 is 0 Å². The van der Waals surface area contributed by atoms with E-state index in [2.05, 4.69) is 18.7 Å². The number of Topliss-reactive ketones (excluding diaryl/α,β-unsaturated/α-hetero) is 1. The van der Waals surface area contributed by atoms with Crippen molar-refractivity contribution in [1.82, 2.24) is 4.90 Å². The Morgan fingerprint density at radius 3 is 2.21 bits per heavy atom. The molecule has 1 aliphatic rings. The van der Waals surface area contributed by atoms with Crippen LogP contribution in [0.2, 0.25) is 0 Å². The second-order valence-electron chi connectivity index (χ2n) is 6.56. The smallest absolute Gasteiger partial charge is 0.152 e. The van der Waals surface area contributed by atoms with Gasteiger partial charge in [0, 0.05) is 13.5 Å². The number of piperidine rings is 1. The molecule has 1 rings (SSSR count). The summed E-state index contributed by atoms with van der Waals surface area (Å²) in [5, 5.41) is 0. The van der Waals surface area contributed by atoms with E-state index in [0.29, 0.717) is 12.2 Å². The molecule has 3 heteroatoms. The van der Waals surface area contributed by atoms with Crippen molar-refractivity contribution >= 4 is 5.78 Å². The highest BCUT2D eigenvalue weighted by Crippen LogP contribution is 2.28. The highest BCUT2D eigenvalue weighted by Gasteiger charge is 2.38. The molecule has 0 saturated carbocycles. The Kier molecular flexibility index (Phi) is 6.00. The first-order chi connectivity index (χ1) is 8.85. The molecule has 1 saturated heterocycles. The molecule has 1 atom stereocenters. The fraction of sp³-hybridized carbons (Fsp3) is 0.938. The van der Waals surface area contributed by atoms with E-state index in [0.717, 1.165) is 25.9 Å². The molecule has 19 heavy (non-hydrogen) atoms. The van der Waals surface area contributed by atoms with E-state index in [1.807, 2.05) is 13.8 Å². The normalized spacial score (nSPS) is 21.1. The first kappa shape index (κ1) is 16.6. The van der Waals surface area contributed by atoms with Crippen molar-refractivity contribution in [1.29, 1.82) is 0 Å². The fourth-order valence-electron chi connectivity index (χ4n) is 2.77. The summed E-state index contributed by atoms with van der Waals surface area (Å²) in [5.74, 6) is 0.377. The van der Waals surface area contributed by atoms with Gasteiger partial charge in [-0.25, -0.2) is 0 Å². The van der Waals surface area contributed by atoms with Crippen LogP contribution in [0.5, 0.6) is 0 Å². The number of carbonyl (C=O) groups excluding carboxylic acids is 1. The number of ketones is 1. The Morgan fingerprint density at radius 2 is 1.74 bits per heavy atom. The van der Waals surface area contributed by atoms with Crippen molar-refractivity contribution in [3.8, 4) is 0 Å². The molecular weight excluding hydrogens is 238 g/mol. The lowest BCUT2D eigenvalue weighted by Crippen LogP contribution is -2.54. The van der Waals surface area contributed by atoms with Crippen molar-refractivity contribution < 1.29 is 9.53 Å². The van der Waals surface area contributed by atoms with Gasteiger partial charge in [-0.05, 0) is 59.5 Å². The van der Waals surface area contributed by atoms with E-state index in [-0.39, 0.29) is 11.1 Å². The molecule has 112 valence electrons. The van der Waals surface area contributed by atoms with Crippen LogP contribution in [0.25, 0.3) is 0 Å². The van der Waals surface area contributed by atoms with Crippen molar-refractivity contribution in [2.75, 3.05) is 20.2 Å². The molecule has 0 amide bonds. The van der Waals surface area contributed by atoms with Gasteiger partial charge in [0.1, 0.15) is 0 Å². The van der Waals surface area contributed by atoms with Gasteiger partial charge in [-0.1, -0.05) is 13.3 Å². The molecule has 0 aromatic heterocycles.